The molecule has 0 atom stereocenters. The monoisotopic (exact) mass is 231 g/mol. The Morgan fingerprint density at radius 3 is 3.00 bits per heavy atom. The van der Waals surface area contributed by atoms with Gasteiger partial charge in [0.25, 0.3) is 0 Å². The average Bonchev–Trinajstić information content (AvgIpc) is 2.31. The molecular formula is C11H9N3O3. The first-order valence-electron chi connectivity index (χ1n) is 5.00. The van der Waals surface area contributed by atoms with Crippen molar-refractivity contribution in [2.75, 3.05) is 6.61 Å². The van der Waals surface area contributed by atoms with E-state index in [0.29, 0.717) is 23.3 Å². The van der Waals surface area contributed by atoms with Crippen LogP contribution in [0.25, 0.3) is 21.4 Å². The van der Waals surface area contributed by atoms with Crippen LogP contribution >= 0.6 is 0 Å². The lowest BCUT2D eigenvalue weighted by Crippen LogP contribution is -1.97. The normalized spacial score (nSPS) is 9.94. The molecule has 0 aliphatic carbocycles. The van der Waals surface area contributed by atoms with E-state index in [4.69, 9.17) is 14.7 Å². The first-order chi connectivity index (χ1) is 8.24. The molecule has 2 rings (SSSR count). The number of fused-ring (bicyclic) bond motifs is 1. The molecule has 0 fully saturated rings. The smallest absolute Gasteiger partial charge is 0.345 e. The number of nitrogens with zero attached hydrogens (tertiary/aromatic N) is 3. The van der Waals surface area contributed by atoms with Crippen molar-refractivity contribution >= 4 is 16.7 Å². The highest BCUT2D eigenvalue weighted by atomic mass is 16.5. The number of benzene rings is 1. The maximum absolute atomic E-state index is 11.4. The van der Waals surface area contributed by atoms with E-state index >= 15 is 0 Å². The van der Waals surface area contributed by atoms with Crippen LogP contribution in [0.3, 0.4) is 0 Å². The molecule has 0 unspecified atom stereocenters. The molecule has 0 aliphatic rings. The second-order valence-corrected chi connectivity index (χ2v) is 3.24. The molecule has 0 spiro atoms. The third-order valence-corrected chi connectivity index (χ3v) is 2.15. The quantitative estimate of drug-likeness (QED) is 0.351. The summed E-state index contributed by atoms with van der Waals surface area (Å²) >= 11 is 0. The van der Waals surface area contributed by atoms with Crippen molar-refractivity contribution in [3.05, 3.63) is 45.1 Å². The van der Waals surface area contributed by atoms with Gasteiger partial charge in [-0.2, -0.15) is 0 Å². The average molecular weight is 231 g/mol. The van der Waals surface area contributed by atoms with Crippen LogP contribution in [0.5, 0.6) is 5.75 Å². The third kappa shape index (κ3) is 2.21. The Balaban J connectivity index is 2.61. The van der Waals surface area contributed by atoms with E-state index in [2.05, 4.69) is 10.0 Å². The Kier molecular flexibility index (Phi) is 2.98. The topological polar surface area (TPSA) is 88.2 Å². The summed E-state index contributed by atoms with van der Waals surface area (Å²) in [5, 5.41) is 3.93. The largest absolute Gasteiger partial charge is 0.494 e. The number of hydrogen-bond acceptors (Lipinski definition) is 4. The molecule has 86 valence electrons. The first-order valence-corrected chi connectivity index (χ1v) is 5.00. The van der Waals surface area contributed by atoms with E-state index in [9.17, 15) is 4.79 Å². The Labute approximate surface area is 96.1 Å². The summed E-state index contributed by atoms with van der Waals surface area (Å²) in [5.41, 5.74) is 7.97. The predicted octanol–water partition coefficient (Wildman–Crippen LogP) is 3.13. The molecule has 0 amide bonds. The summed E-state index contributed by atoms with van der Waals surface area (Å²) in [6.45, 7) is 2.40. The van der Waals surface area contributed by atoms with Crippen molar-refractivity contribution in [2.24, 2.45) is 5.11 Å². The van der Waals surface area contributed by atoms with Gasteiger partial charge in [-0.1, -0.05) is 5.11 Å². The SMILES string of the molecule is CCOc1ccc2cc(N=[N+]=[N-])c(=O)oc2c1. The molecule has 6 heteroatoms. The van der Waals surface area contributed by atoms with E-state index in [1.165, 1.54) is 6.07 Å². The van der Waals surface area contributed by atoms with Gasteiger partial charge in [-0.05, 0) is 30.7 Å². The van der Waals surface area contributed by atoms with Gasteiger partial charge >= 0.3 is 5.63 Å². The third-order valence-electron chi connectivity index (χ3n) is 2.15. The molecule has 0 aliphatic heterocycles. The van der Waals surface area contributed by atoms with Crippen LogP contribution < -0.4 is 10.4 Å². The van der Waals surface area contributed by atoms with E-state index in [-0.39, 0.29) is 5.69 Å². The molecule has 0 saturated carbocycles. The Hall–Kier alpha value is -2.46. The second kappa shape index (κ2) is 4.59. The molecule has 0 N–H and O–H groups in total. The van der Waals surface area contributed by atoms with Crippen LogP contribution in [0.2, 0.25) is 0 Å². The molecule has 0 saturated heterocycles. The Morgan fingerprint density at radius 2 is 2.29 bits per heavy atom. The van der Waals surface area contributed by atoms with Crippen molar-refractivity contribution in [1.29, 1.82) is 0 Å². The van der Waals surface area contributed by atoms with Crippen LogP contribution in [0.15, 0.2) is 38.6 Å². The maximum Gasteiger partial charge on any atom is 0.345 e. The van der Waals surface area contributed by atoms with Gasteiger partial charge in [-0.3, -0.25) is 0 Å². The van der Waals surface area contributed by atoms with Gasteiger partial charge in [0.2, 0.25) is 0 Å². The highest BCUT2D eigenvalue weighted by molar-refractivity contribution is 5.80. The van der Waals surface area contributed by atoms with Crippen LogP contribution in [0.4, 0.5) is 5.69 Å². The zero-order valence-corrected chi connectivity index (χ0v) is 9.08. The molecule has 6 nitrogen and oxygen atoms in total. The second-order valence-electron chi connectivity index (χ2n) is 3.24. The molecule has 17 heavy (non-hydrogen) atoms. The fourth-order valence-corrected chi connectivity index (χ4v) is 1.46. The van der Waals surface area contributed by atoms with Gasteiger partial charge in [0.15, 0.2) is 0 Å². The standard InChI is InChI=1S/C11H9N3O3/c1-2-16-8-4-3-7-5-9(13-14-12)11(15)17-10(7)6-8/h3-6H,2H2,1H3. The molecule has 0 radical (unpaired) electrons. The summed E-state index contributed by atoms with van der Waals surface area (Å²) < 4.78 is 10.3. The van der Waals surface area contributed by atoms with Gasteiger partial charge in [0, 0.05) is 16.4 Å². The Morgan fingerprint density at radius 1 is 1.47 bits per heavy atom. The van der Waals surface area contributed by atoms with Crippen molar-refractivity contribution < 1.29 is 9.15 Å². The van der Waals surface area contributed by atoms with Crippen LogP contribution in [-0.4, -0.2) is 6.61 Å². The van der Waals surface area contributed by atoms with Crippen LogP contribution in [-0.2, 0) is 0 Å². The van der Waals surface area contributed by atoms with Gasteiger partial charge in [0.1, 0.15) is 17.0 Å². The lowest BCUT2D eigenvalue weighted by molar-refractivity contribution is 0.340. The minimum Gasteiger partial charge on any atom is -0.494 e. The first kappa shape index (κ1) is 11.0. The van der Waals surface area contributed by atoms with Gasteiger partial charge in [0.05, 0.1) is 6.61 Å². The summed E-state index contributed by atoms with van der Waals surface area (Å²) in [6, 6.07) is 6.60. The minimum absolute atomic E-state index is 0.0517. The lowest BCUT2D eigenvalue weighted by atomic mass is 10.2. The zero-order valence-electron chi connectivity index (χ0n) is 9.08. The number of ether oxygens (including phenoxy) is 1. The molecule has 1 heterocycles. The highest BCUT2D eigenvalue weighted by Crippen LogP contribution is 2.22. The van der Waals surface area contributed by atoms with Crippen LogP contribution in [0, 0.1) is 0 Å². The van der Waals surface area contributed by atoms with Crippen molar-refractivity contribution in [3.63, 3.8) is 0 Å². The number of hydrogen-bond donors (Lipinski definition) is 0. The van der Waals surface area contributed by atoms with E-state index < -0.39 is 5.63 Å². The molecule has 2 aromatic rings. The fourth-order valence-electron chi connectivity index (χ4n) is 1.46. The molecular weight excluding hydrogens is 222 g/mol. The summed E-state index contributed by atoms with van der Waals surface area (Å²) in [4.78, 5) is 14.0. The molecule has 1 aromatic carbocycles. The molecule has 1 aromatic heterocycles. The summed E-state index contributed by atoms with van der Waals surface area (Å²) in [6.07, 6.45) is 0. The van der Waals surface area contributed by atoms with Gasteiger partial charge in [-0.25, -0.2) is 4.79 Å². The highest BCUT2D eigenvalue weighted by Gasteiger charge is 2.04. The summed E-state index contributed by atoms with van der Waals surface area (Å²) in [5.74, 6) is 0.625. The van der Waals surface area contributed by atoms with Crippen molar-refractivity contribution in [1.82, 2.24) is 0 Å². The Bertz CT molecular complexity index is 657. The van der Waals surface area contributed by atoms with Crippen molar-refractivity contribution in [3.8, 4) is 5.75 Å². The predicted molar refractivity (Wildman–Crippen MR) is 62.5 cm³/mol. The minimum atomic E-state index is -0.663. The van der Waals surface area contributed by atoms with Crippen LogP contribution in [0.1, 0.15) is 6.92 Å². The van der Waals surface area contributed by atoms with E-state index in [0.717, 1.165) is 0 Å². The number of rotatable bonds is 3. The summed E-state index contributed by atoms with van der Waals surface area (Å²) in [7, 11) is 0. The fraction of sp³-hybridized carbons (Fsp3) is 0.182. The van der Waals surface area contributed by atoms with E-state index in [1.807, 2.05) is 6.92 Å². The maximum atomic E-state index is 11.4. The van der Waals surface area contributed by atoms with Gasteiger partial charge < -0.3 is 9.15 Å². The molecule has 0 bridgehead atoms. The van der Waals surface area contributed by atoms with Gasteiger partial charge in [-0.15, -0.1) is 0 Å². The lowest BCUT2D eigenvalue weighted by Gasteiger charge is -2.03. The number of azide groups is 1. The van der Waals surface area contributed by atoms with E-state index in [1.54, 1.807) is 18.2 Å². The zero-order chi connectivity index (χ0) is 12.3. The van der Waals surface area contributed by atoms with Crippen molar-refractivity contribution in [2.45, 2.75) is 6.92 Å².